The Hall–Kier alpha value is -3.57. The lowest BCUT2D eigenvalue weighted by Crippen LogP contribution is -2.54. The normalized spacial score (nSPS) is 13.7. The van der Waals surface area contributed by atoms with E-state index >= 15 is 0 Å². The van der Waals surface area contributed by atoms with E-state index < -0.39 is 28.5 Å². The number of ether oxygens (including phenoxy) is 2. The van der Waals surface area contributed by atoms with Crippen LogP contribution in [0, 0.1) is 0 Å². The number of rotatable bonds is 13. The highest BCUT2D eigenvalue weighted by Crippen LogP contribution is 2.36. The van der Waals surface area contributed by atoms with Crippen LogP contribution in [-0.4, -0.2) is 56.3 Å². The Morgan fingerprint density at radius 3 is 2.31 bits per heavy atom. The Bertz CT molecular complexity index is 1480. The minimum atomic E-state index is -3.88. The maximum absolute atomic E-state index is 14.3. The molecule has 0 spiro atoms. The van der Waals surface area contributed by atoms with Gasteiger partial charge in [0.1, 0.15) is 12.6 Å². The SMILES string of the molecule is CC[C@H](C)NC(=O)[C@@H](Cc1ccccc1)N(Cc1ccc(Br)cc1)C(=O)CN(c1ccc2c(c1)OCO2)S(=O)(=O)CC. The van der Waals surface area contributed by atoms with Crippen LogP contribution < -0.4 is 19.1 Å². The summed E-state index contributed by atoms with van der Waals surface area (Å²) in [5, 5.41) is 3.03. The summed E-state index contributed by atoms with van der Waals surface area (Å²) in [6.07, 6.45) is 0.979. The Labute approximate surface area is 256 Å². The van der Waals surface area contributed by atoms with Crippen LogP contribution in [0.2, 0.25) is 0 Å². The molecule has 4 rings (SSSR count). The number of nitrogens with one attached hydrogen (secondary N) is 1. The van der Waals surface area contributed by atoms with Gasteiger partial charge in [0.15, 0.2) is 11.5 Å². The number of carbonyl (C=O) groups excluding carboxylic acids is 2. The molecule has 3 aromatic carbocycles. The number of carbonyl (C=O) groups is 2. The standard InChI is InChI=1S/C31H36BrN3O6S/c1-4-22(3)33-31(37)27(17-23-9-7-6-8-10-23)34(19-24-11-13-25(32)14-12-24)30(36)20-35(42(38,39)5-2)26-15-16-28-29(18-26)41-21-40-28/h6-16,18,22,27H,4-5,17,19-21H2,1-3H3,(H,33,37)/t22-,27+/m0/s1. The van der Waals surface area contributed by atoms with Crippen LogP contribution in [0.15, 0.2) is 77.3 Å². The van der Waals surface area contributed by atoms with Gasteiger partial charge in [0.05, 0.1) is 11.4 Å². The van der Waals surface area contributed by atoms with Crippen LogP contribution in [0.5, 0.6) is 11.5 Å². The van der Waals surface area contributed by atoms with Crippen molar-refractivity contribution in [3.63, 3.8) is 0 Å². The van der Waals surface area contributed by atoms with E-state index in [9.17, 15) is 18.0 Å². The first-order valence-electron chi connectivity index (χ1n) is 13.9. The molecule has 3 aromatic rings. The molecule has 1 aliphatic heterocycles. The number of hydrogen-bond acceptors (Lipinski definition) is 6. The van der Waals surface area contributed by atoms with Gasteiger partial charge < -0.3 is 19.7 Å². The van der Waals surface area contributed by atoms with E-state index in [0.29, 0.717) is 11.5 Å². The van der Waals surface area contributed by atoms with Crippen molar-refractivity contribution in [2.24, 2.45) is 0 Å². The molecule has 9 nitrogen and oxygen atoms in total. The molecule has 0 bridgehead atoms. The molecular weight excluding hydrogens is 622 g/mol. The first-order chi connectivity index (χ1) is 20.1. The van der Waals surface area contributed by atoms with Gasteiger partial charge in [-0.3, -0.25) is 13.9 Å². The molecule has 0 aromatic heterocycles. The van der Waals surface area contributed by atoms with Gasteiger partial charge in [-0.15, -0.1) is 0 Å². The van der Waals surface area contributed by atoms with Crippen molar-refractivity contribution in [2.75, 3.05) is 23.4 Å². The number of nitrogens with zero attached hydrogens (tertiary/aromatic N) is 2. The van der Waals surface area contributed by atoms with Crippen molar-refractivity contribution in [1.82, 2.24) is 10.2 Å². The molecule has 11 heteroatoms. The second-order valence-electron chi connectivity index (χ2n) is 10.1. The van der Waals surface area contributed by atoms with E-state index in [1.54, 1.807) is 18.2 Å². The highest BCUT2D eigenvalue weighted by Gasteiger charge is 2.34. The van der Waals surface area contributed by atoms with Gasteiger partial charge in [-0.25, -0.2) is 8.42 Å². The van der Waals surface area contributed by atoms with Gasteiger partial charge in [-0.2, -0.15) is 0 Å². The largest absolute Gasteiger partial charge is 0.454 e. The molecule has 1 aliphatic rings. The zero-order chi connectivity index (χ0) is 30.3. The van der Waals surface area contributed by atoms with Crippen LogP contribution in [-0.2, 0) is 32.6 Å². The second kappa shape index (κ2) is 14.1. The first kappa shape index (κ1) is 31.4. The molecule has 224 valence electrons. The number of hydrogen-bond donors (Lipinski definition) is 1. The zero-order valence-electron chi connectivity index (χ0n) is 24.0. The molecule has 2 atom stereocenters. The molecule has 1 heterocycles. The highest BCUT2D eigenvalue weighted by atomic mass is 79.9. The zero-order valence-corrected chi connectivity index (χ0v) is 26.4. The van der Waals surface area contributed by atoms with E-state index in [0.717, 1.165) is 26.3 Å². The summed E-state index contributed by atoms with van der Waals surface area (Å²) in [4.78, 5) is 29.5. The number of anilines is 1. The summed E-state index contributed by atoms with van der Waals surface area (Å²) < 4.78 is 39.5. The lowest BCUT2D eigenvalue weighted by molar-refractivity contribution is -0.140. The Balaban J connectivity index is 1.74. The van der Waals surface area contributed by atoms with Gasteiger partial charge in [0, 0.05) is 29.5 Å². The molecule has 0 radical (unpaired) electrons. The van der Waals surface area contributed by atoms with Crippen LogP contribution in [0.1, 0.15) is 38.3 Å². The first-order valence-corrected chi connectivity index (χ1v) is 16.3. The molecule has 2 amide bonds. The van der Waals surface area contributed by atoms with Crippen LogP contribution >= 0.6 is 15.9 Å². The van der Waals surface area contributed by atoms with Crippen molar-refractivity contribution in [3.8, 4) is 11.5 Å². The highest BCUT2D eigenvalue weighted by molar-refractivity contribution is 9.10. The van der Waals surface area contributed by atoms with Gasteiger partial charge in [0.25, 0.3) is 0 Å². The molecule has 1 N–H and O–H groups in total. The summed E-state index contributed by atoms with van der Waals surface area (Å²) in [5.41, 5.74) is 1.96. The third-order valence-corrected chi connectivity index (χ3v) is 9.43. The quantitative estimate of drug-likeness (QED) is 0.281. The number of sulfonamides is 1. The third kappa shape index (κ3) is 7.83. The minimum Gasteiger partial charge on any atom is -0.454 e. The summed E-state index contributed by atoms with van der Waals surface area (Å²) in [6, 6.07) is 20.7. The summed E-state index contributed by atoms with van der Waals surface area (Å²) in [7, 11) is -3.88. The number of fused-ring (bicyclic) bond motifs is 1. The van der Waals surface area contributed by atoms with Gasteiger partial charge in [-0.1, -0.05) is 65.3 Å². The number of amides is 2. The Morgan fingerprint density at radius 1 is 0.952 bits per heavy atom. The predicted molar refractivity (Wildman–Crippen MR) is 166 cm³/mol. The lowest BCUT2D eigenvalue weighted by atomic mass is 10.0. The van der Waals surface area contributed by atoms with Crippen molar-refractivity contribution in [3.05, 3.63) is 88.4 Å². The monoisotopic (exact) mass is 657 g/mol. The van der Waals surface area contributed by atoms with Gasteiger partial charge in [0.2, 0.25) is 28.6 Å². The molecule has 0 saturated carbocycles. The van der Waals surface area contributed by atoms with E-state index in [4.69, 9.17) is 9.47 Å². The smallest absolute Gasteiger partial charge is 0.244 e. The van der Waals surface area contributed by atoms with Crippen molar-refractivity contribution in [1.29, 1.82) is 0 Å². The Kier molecular flexibility index (Phi) is 10.5. The van der Waals surface area contributed by atoms with Crippen LogP contribution in [0.25, 0.3) is 0 Å². The fourth-order valence-corrected chi connectivity index (χ4v) is 5.86. The molecule has 0 fully saturated rings. The van der Waals surface area contributed by atoms with E-state index in [2.05, 4.69) is 21.2 Å². The molecule has 0 saturated heterocycles. The summed E-state index contributed by atoms with van der Waals surface area (Å²) in [5.74, 6) is -0.124. The fraction of sp³-hybridized carbons (Fsp3) is 0.355. The minimum absolute atomic E-state index is 0.0334. The average Bonchev–Trinajstić information content (AvgIpc) is 3.47. The number of halogens is 1. The van der Waals surface area contributed by atoms with E-state index in [-0.39, 0.29) is 43.1 Å². The van der Waals surface area contributed by atoms with Crippen molar-refractivity contribution >= 4 is 43.5 Å². The maximum Gasteiger partial charge on any atom is 0.244 e. The van der Waals surface area contributed by atoms with Crippen LogP contribution in [0.4, 0.5) is 5.69 Å². The van der Waals surface area contributed by atoms with Crippen molar-refractivity contribution in [2.45, 2.75) is 52.2 Å². The second-order valence-corrected chi connectivity index (χ2v) is 13.2. The third-order valence-electron chi connectivity index (χ3n) is 7.16. The summed E-state index contributed by atoms with van der Waals surface area (Å²) >= 11 is 3.44. The molecule has 42 heavy (non-hydrogen) atoms. The predicted octanol–water partition coefficient (Wildman–Crippen LogP) is 4.89. The Morgan fingerprint density at radius 2 is 1.64 bits per heavy atom. The van der Waals surface area contributed by atoms with Crippen LogP contribution in [0.3, 0.4) is 0 Å². The van der Waals surface area contributed by atoms with Crippen molar-refractivity contribution < 1.29 is 27.5 Å². The maximum atomic E-state index is 14.3. The topological polar surface area (TPSA) is 105 Å². The molecular formula is C31H36BrN3O6S. The van der Waals surface area contributed by atoms with E-state index in [1.165, 1.54) is 11.8 Å². The van der Waals surface area contributed by atoms with Gasteiger partial charge in [-0.05, 0) is 55.7 Å². The fourth-order valence-electron chi connectivity index (χ4n) is 4.54. The van der Waals surface area contributed by atoms with E-state index in [1.807, 2.05) is 68.4 Å². The molecule has 0 aliphatic carbocycles. The average molecular weight is 659 g/mol. The summed E-state index contributed by atoms with van der Waals surface area (Å²) in [6.45, 7) is 5.06. The lowest BCUT2D eigenvalue weighted by Gasteiger charge is -2.34. The molecule has 0 unspecified atom stereocenters. The van der Waals surface area contributed by atoms with Gasteiger partial charge >= 0.3 is 0 Å². The number of benzene rings is 3.